The lowest BCUT2D eigenvalue weighted by molar-refractivity contribution is -0.153. The van der Waals surface area contributed by atoms with Crippen LogP contribution in [0.5, 0.6) is 0 Å². The van der Waals surface area contributed by atoms with Gasteiger partial charge in [-0.2, -0.15) is 0 Å². The zero-order chi connectivity index (χ0) is 23.3. The van der Waals surface area contributed by atoms with E-state index in [1.54, 1.807) is 0 Å². The summed E-state index contributed by atoms with van der Waals surface area (Å²) in [6.45, 7) is 1.77. The summed E-state index contributed by atoms with van der Waals surface area (Å²) in [5.41, 5.74) is 4.56. The molecule has 1 aliphatic rings. The minimum absolute atomic E-state index is 0.0346. The summed E-state index contributed by atoms with van der Waals surface area (Å²) >= 11 is 0. The van der Waals surface area contributed by atoms with Crippen molar-refractivity contribution >= 4 is 18.0 Å². The predicted octanol–water partition coefficient (Wildman–Crippen LogP) is 2.86. The van der Waals surface area contributed by atoms with E-state index in [-0.39, 0.29) is 25.5 Å². The van der Waals surface area contributed by atoms with Crippen LogP contribution in [0.25, 0.3) is 11.1 Å². The second kappa shape index (κ2) is 10.3. The highest BCUT2D eigenvalue weighted by molar-refractivity contribution is 5.86. The molecule has 2 N–H and O–H groups in total. The van der Waals surface area contributed by atoms with Crippen LogP contribution in [0.1, 0.15) is 30.4 Å². The number of nitrogens with one attached hydrogen (secondary N) is 1. The topological polar surface area (TPSA) is 105 Å². The number of rotatable bonds is 9. The average molecular weight is 440 g/mol. The number of carboxylic acids is 1. The van der Waals surface area contributed by atoms with Gasteiger partial charge in [-0.1, -0.05) is 48.5 Å². The fourth-order valence-corrected chi connectivity index (χ4v) is 3.88. The first-order valence-electron chi connectivity index (χ1n) is 10.5. The highest BCUT2D eigenvalue weighted by Crippen LogP contribution is 2.44. The Kier molecular flexibility index (Phi) is 7.48. The Morgan fingerprint density at radius 1 is 1.06 bits per heavy atom. The van der Waals surface area contributed by atoms with Crippen molar-refractivity contribution < 1.29 is 29.0 Å². The van der Waals surface area contributed by atoms with E-state index >= 15 is 0 Å². The number of benzene rings is 2. The monoisotopic (exact) mass is 440 g/mol. The van der Waals surface area contributed by atoms with E-state index in [2.05, 4.69) is 17.4 Å². The average Bonchev–Trinajstić information content (AvgIpc) is 3.12. The van der Waals surface area contributed by atoms with Gasteiger partial charge in [0, 0.05) is 33.0 Å². The number of carbonyl (C=O) groups is 3. The molecule has 2 aromatic rings. The molecular formula is C24H28N2O6. The maximum Gasteiger partial charge on any atom is 0.407 e. The van der Waals surface area contributed by atoms with Gasteiger partial charge in [-0.25, -0.2) is 9.59 Å². The summed E-state index contributed by atoms with van der Waals surface area (Å²) in [6, 6.07) is 15.2. The van der Waals surface area contributed by atoms with Crippen LogP contribution in [0, 0.1) is 0 Å². The summed E-state index contributed by atoms with van der Waals surface area (Å²) in [6.07, 6.45) is -1.26. The van der Waals surface area contributed by atoms with Gasteiger partial charge in [0.2, 0.25) is 0 Å². The van der Waals surface area contributed by atoms with Crippen LogP contribution in [0.3, 0.4) is 0 Å². The lowest BCUT2D eigenvalue weighted by atomic mass is 9.98. The zero-order valence-electron chi connectivity index (χ0n) is 18.4. The minimum Gasteiger partial charge on any atom is -0.480 e. The Balaban J connectivity index is 1.52. The molecule has 170 valence electrons. The van der Waals surface area contributed by atoms with Gasteiger partial charge in [-0.15, -0.1) is 0 Å². The normalized spacial score (nSPS) is 14.1. The van der Waals surface area contributed by atoms with E-state index in [1.807, 2.05) is 36.4 Å². The molecule has 0 fully saturated rings. The smallest absolute Gasteiger partial charge is 0.407 e. The van der Waals surface area contributed by atoms with E-state index in [0.717, 1.165) is 27.2 Å². The number of aliphatic carboxylic acids is 1. The molecule has 0 aromatic heterocycles. The van der Waals surface area contributed by atoms with Crippen molar-refractivity contribution in [1.82, 2.24) is 10.2 Å². The molecule has 2 unspecified atom stereocenters. The van der Waals surface area contributed by atoms with Gasteiger partial charge >= 0.3 is 12.1 Å². The molecule has 2 aromatic carbocycles. The van der Waals surface area contributed by atoms with Gasteiger partial charge in [0.05, 0.1) is 0 Å². The standard InChI is InChI=1S/C24H28N2O6/c1-15(23(28)29)26(2)22(27)21(31-3)12-13-25-24(30)32-14-20-18-10-6-4-8-16(18)17-9-5-7-11-19(17)20/h4-11,15,20-21H,12-14H2,1-3H3,(H,25,30)(H,28,29). The molecule has 0 saturated carbocycles. The first-order valence-corrected chi connectivity index (χ1v) is 10.5. The molecule has 8 heteroatoms. The SMILES string of the molecule is COC(CCNC(=O)OCC1c2ccccc2-c2ccccc21)C(=O)N(C)C(C)C(=O)O. The largest absolute Gasteiger partial charge is 0.480 e. The number of nitrogens with zero attached hydrogens (tertiary/aromatic N) is 1. The number of hydrogen-bond donors (Lipinski definition) is 2. The Morgan fingerprint density at radius 2 is 1.62 bits per heavy atom. The maximum atomic E-state index is 12.4. The van der Waals surface area contributed by atoms with Crippen molar-refractivity contribution in [1.29, 1.82) is 0 Å². The number of likely N-dealkylation sites (N-methyl/N-ethyl adjacent to an activating group) is 1. The van der Waals surface area contributed by atoms with Gasteiger partial charge in [-0.3, -0.25) is 4.79 Å². The third-order valence-corrected chi connectivity index (χ3v) is 5.87. The van der Waals surface area contributed by atoms with Crippen molar-refractivity contribution in [3.63, 3.8) is 0 Å². The van der Waals surface area contributed by atoms with E-state index in [0.29, 0.717) is 0 Å². The first kappa shape index (κ1) is 23.3. The second-order valence-corrected chi connectivity index (χ2v) is 7.73. The molecule has 0 heterocycles. The van der Waals surface area contributed by atoms with E-state index in [4.69, 9.17) is 14.6 Å². The molecule has 0 aliphatic heterocycles. The van der Waals surface area contributed by atoms with E-state index < -0.39 is 30.1 Å². The third-order valence-electron chi connectivity index (χ3n) is 5.87. The number of fused-ring (bicyclic) bond motifs is 3. The van der Waals surface area contributed by atoms with Crippen LogP contribution in [-0.4, -0.2) is 67.4 Å². The van der Waals surface area contributed by atoms with Gasteiger partial charge in [0.25, 0.3) is 5.91 Å². The fourth-order valence-electron chi connectivity index (χ4n) is 3.88. The molecule has 2 amide bonds. The summed E-state index contributed by atoms with van der Waals surface area (Å²) in [5, 5.41) is 11.7. The zero-order valence-corrected chi connectivity index (χ0v) is 18.4. The van der Waals surface area contributed by atoms with Crippen LogP contribution >= 0.6 is 0 Å². The van der Waals surface area contributed by atoms with Gasteiger partial charge in [0.15, 0.2) is 0 Å². The molecule has 32 heavy (non-hydrogen) atoms. The highest BCUT2D eigenvalue weighted by Gasteiger charge is 2.30. The molecule has 0 saturated heterocycles. The second-order valence-electron chi connectivity index (χ2n) is 7.73. The van der Waals surface area contributed by atoms with Crippen molar-refractivity contribution in [3.8, 4) is 11.1 Å². The van der Waals surface area contributed by atoms with Crippen LogP contribution < -0.4 is 5.32 Å². The van der Waals surface area contributed by atoms with Crippen molar-refractivity contribution in [2.75, 3.05) is 27.3 Å². The van der Waals surface area contributed by atoms with Crippen molar-refractivity contribution in [2.24, 2.45) is 0 Å². The number of amides is 2. The molecule has 2 atom stereocenters. The number of ether oxygens (including phenoxy) is 2. The Hall–Kier alpha value is -3.39. The molecule has 8 nitrogen and oxygen atoms in total. The van der Waals surface area contributed by atoms with Crippen LogP contribution in [0.4, 0.5) is 4.79 Å². The Morgan fingerprint density at radius 3 is 2.16 bits per heavy atom. The lowest BCUT2D eigenvalue weighted by Crippen LogP contribution is -2.46. The fraction of sp³-hybridized carbons (Fsp3) is 0.375. The van der Waals surface area contributed by atoms with Crippen LogP contribution in [0.15, 0.2) is 48.5 Å². The van der Waals surface area contributed by atoms with Gasteiger partial charge in [0.1, 0.15) is 18.8 Å². The molecule has 0 bridgehead atoms. The maximum absolute atomic E-state index is 12.4. The van der Waals surface area contributed by atoms with Crippen LogP contribution in [-0.2, 0) is 19.1 Å². The molecule has 0 radical (unpaired) electrons. The minimum atomic E-state index is -1.10. The van der Waals surface area contributed by atoms with Gasteiger partial charge in [-0.05, 0) is 29.2 Å². The number of methoxy groups -OCH3 is 1. The molecule has 0 spiro atoms. The van der Waals surface area contributed by atoms with E-state index in [9.17, 15) is 14.4 Å². The summed E-state index contributed by atoms with van der Waals surface area (Å²) in [5.74, 6) is -1.60. The Labute approximate surface area is 187 Å². The number of carboxylic acid groups (broad SMARTS) is 1. The van der Waals surface area contributed by atoms with Crippen molar-refractivity contribution in [3.05, 3.63) is 59.7 Å². The van der Waals surface area contributed by atoms with Crippen LogP contribution in [0.2, 0.25) is 0 Å². The first-order chi connectivity index (χ1) is 15.3. The summed E-state index contributed by atoms with van der Waals surface area (Å²) in [7, 11) is 2.78. The van der Waals surface area contributed by atoms with Gasteiger partial charge < -0.3 is 24.8 Å². The summed E-state index contributed by atoms with van der Waals surface area (Å²) in [4.78, 5) is 36.9. The molecule has 3 rings (SSSR count). The van der Waals surface area contributed by atoms with Crippen molar-refractivity contribution in [2.45, 2.75) is 31.4 Å². The highest BCUT2D eigenvalue weighted by atomic mass is 16.5. The summed E-state index contributed by atoms with van der Waals surface area (Å²) < 4.78 is 10.7. The molecular weight excluding hydrogens is 412 g/mol. The number of hydrogen-bond acceptors (Lipinski definition) is 5. The van der Waals surface area contributed by atoms with E-state index in [1.165, 1.54) is 21.1 Å². The third kappa shape index (κ3) is 4.91. The Bertz CT molecular complexity index is 946. The quantitative estimate of drug-likeness (QED) is 0.621. The lowest BCUT2D eigenvalue weighted by Gasteiger charge is -2.26. The number of alkyl carbamates (subject to hydrolysis) is 1. The molecule has 1 aliphatic carbocycles. The number of carbonyl (C=O) groups excluding carboxylic acids is 2. The predicted molar refractivity (Wildman–Crippen MR) is 118 cm³/mol.